The Morgan fingerprint density at radius 2 is 1.72 bits per heavy atom. The molecule has 1 saturated heterocycles. The second-order valence-electron chi connectivity index (χ2n) is 7.92. The van der Waals surface area contributed by atoms with Gasteiger partial charge in [-0.05, 0) is 47.7 Å². The van der Waals surface area contributed by atoms with Gasteiger partial charge in [-0.3, -0.25) is 4.79 Å². The maximum Gasteiger partial charge on any atom is 0.254 e. The molecule has 3 aromatic carbocycles. The van der Waals surface area contributed by atoms with Crippen molar-refractivity contribution in [2.24, 2.45) is 0 Å². The first-order valence-corrected chi connectivity index (χ1v) is 11.0. The molecule has 5 heteroatoms. The Bertz CT molecular complexity index is 1040. The van der Waals surface area contributed by atoms with Crippen LogP contribution >= 0.6 is 0 Å². The lowest BCUT2D eigenvalue weighted by Gasteiger charge is -2.27. The van der Waals surface area contributed by atoms with Gasteiger partial charge in [-0.2, -0.15) is 0 Å². The predicted molar refractivity (Wildman–Crippen MR) is 125 cm³/mol. The molecule has 1 fully saturated rings. The van der Waals surface area contributed by atoms with Crippen molar-refractivity contribution in [1.29, 1.82) is 0 Å². The van der Waals surface area contributed by atoms with Gasteiger partial charge in [-0.15, -0.1) is 0 Å². The van der Waals surface area contributed by atoms with E-state index in [-0.39, 0.29) is 12.0 Å². The molecule has 0 saturated carbocycles. The molecule has 0 unspecified atom stereocenters. The SMILES string of the molecule is COc1ccc(CN(C[C@H]2CCCO2)C(=O)c2ccccc2-c2ccccc2)cc1OC. The van der Waals surface area contributed by atoms with E-state index in [9.17, 15) is 4.79 Å². The molecule has 0 radical (unpaired) electrons. The average Bonchev–Trinajstić information content (AvgIpc) is 3.37. The number of ether oxygens (including phenoxy) is 3. The number of hydrogen-bond donors (Lipinski definition) is 0. The second-order valence-corrected chi connectivity index (χ2v) is 7.92. The Kier molecular flexibility index (Phi) is 7.07. The Hall–Kier alpha value is -3.31. The van der Waals surface area contributed by atoms with Crippen LogP contribution in [0.2, 0.25) is 0 Å². The summed E-state index contributed by atoms with van der Waals surface area (Å²) in [5.41, 5.74) is 3.63. The van der Waals surface area contributed by atoms with Crippen molar-refractivity contribution in [2.45, 2.75) is 25.5 Å². The fraction of sp³-hybridized carbons (Fsp3) is 0.296. The topological polar surface area (TPSA) is 48.0 Å². The number of rotatable bonds is 8. The Balaban J connectivity index is 1.66. The minimum atomic E-state index is -0.00487. The van der Waals surface area contributed by atoms with E-state index in [1.54, 1.807) is 14.2 Å². The Morgan fingerprint density at radius 1 is 0.969 bits per heavy atom. The van der Waals surface area contributed by atoms with Crippen molar-refractivity contribution in [3.05, 3.63) is 83.9 Å². The number of carbonyl (C=O) groups is 1. The standard InChI is InChI=1S/C27H29NO4/c1-30-25-15-14-20(17-26(25)31-2)18-28(19-22-11-8-16-32-22)27(29)24-13-7-6-12-23(24)21-9-4-3-5-10-21/h3-7,9-10,12-15,17,22H,8,11,16,18-19H2,1-2H3/t22-/m1/s1. The first kappa shape index (κ1) is 21.9. The molecule has 1 aliphatic heterocycles. The van der Waals surface area contributed by atoms with E-state index in [4.69, 9.17) is 14.2 Å². The molecule has 3 aromatic rings. The van der Waals surface area contributed by atoms with Gasteiger partial charge in [0, 0.05) is 25.3 Å². The number of amides is 1. The molecule has 1 amide bonds. The van der Waals surface area contributed by atoms with Crippen LogP contribution in [0.3, 0.4) is 0 Å². The third kappa shape index (κ3) is 4.94. The van der Waals surface area contributed by atoms with Crippen LogP contribution in [0.4, 0.5) is 0 Å². The maximum absolute atomic E-state index is 13.8. The normalized spacial score (nSPS) is 15.4. The maximum atomic E-state index is 13.8. The molecule has 4 rings (SSSR count). The smallest absolute Gasteiger partial charge is 0.254 e. The average molecular weight is 432 g/mol. The molecule has 0 aliphatic carbocycles. The summed E-state index contributed by atoms with van der Waals surface area (Å²) in [4.78, 5) is 15.7. The van der Waals surface area contributed by atoms with Crippen molar-refractivity contribution >= 4 is 5.91 Å². The van der Waals surface area contributed by atoms with Gasteiger partial charge in [-0.1, -0.05) is 54.6 Å². The van der Waals surface area contributed by atoms with Crippen LogP contribution in [0.5, 0.6) is 11.5 Å². The van der Waals surface area contributed by atoms with Crippen molar-refractivity contribution in [2.75, 3.05) is 27.4 Å². The quantitative estimate of drug-likeness (QED) is 0.492. The zero-order chi connectivity index (χ0) is 22.3. The third-order valence-corrected chi connectivity index (χ3v) is 5.80. The minimum absolute atomic E-state index is 0.00487. The highest BCUT2D eigenvalue weighted by Gasteiger charge is 2.25. The summed E-state index contributed by atoms with van der Waals surface area (Å²) in [6, 6.07) is 23.6. The van der Waals surface area contributed by atoms with E-state index in [2.05, 4.69) is 0 Å². The van der Waals surface area contributed by atoms with E-state index in [1.807, 2.05) is 77.7 Å². The number of methoxy groups -OCH3 is 2. The van der Waals surface area contributed by atoms with Crippen LogP contribution in [-0.4, -0.2) is 44.3 Å². The molecular formula is C27H29NO4. The molecule has 0 bridgehead atoms. The van der Waals surface area contributed by atoms with E-state index < -0.39 is 0 Å². The first-order valence-electron chi connectivity index (χ1n) is 11.0. The van der Waals surface area contributed by atoms with Gasteiger partial charge in [0.15, 0.2) is 11.5 Å². The van der Waals surface area contributed by atoms with Crippen LogP contribution < -0.4 is 9.47 Å². The lowest BCUT2D eigenvalue weighted by atomic mass is 9.98. The number of benzene rings is 3. The lowest BCUT2D eigenvalue weighted by molar-refractivity contribution is 0.0507. The molecule has 5 nitrogen and oxygen atoms in total. The van der Waals surface area contributed by atoms with Gasteiger partial charge in [0.05, 0.1) is 20.3 Å². The number of hydrogen-bond acceptors (Lipinski definition) is 4. The van der Waals surface area contributed by atoms with E-state index >= 15 is 0 Å². The molecule has 1 aliphatic rings. The van der Waals surface area contributed by atoms with Gasteiger partial charge < -0.3 is 19.1 Å². The van der Waals surface area contributed by atoms with Crippen molar-refractivity contribution in [1.82, 2.24) is 4.90 Å². The summed E-state index contributed by atoms with van der Waals surface area (Å²) in [6.07, 6.45) is 2.06. The van der Waals surface area contributed by atoms with Crippen molar-refractivity contribution in [3.63, 3.8) is 0 Å². The van der Waals surface area contributed by atoms with Gasteiger partial charge in [0.2, 0.25) is 0 Å². The highest BCUT2D eigenvalue weighted by atomic mass is 16.5. The Labute approximate surface area is 189 Å². The molecule has 32 heavy (non-hydrogen) atoms. The first-order chi connectivity index (χ1) is 15.7. The summed E-state index contributed by atoms with van der Waals surface area (Å²) in [6.45, 7) is 1.77. The molecule has 1 atom stereocenters. The highest BCUT2D eigenvalue weighted by molar-refractivity contribution is 6.00. The van der Waals surface area contributed by atoms with Gasteiger partial charge in [-0.25, -0.2) is 0 Å². The van der Waals surface area contributed by atoms with Crippen LogP contribution in [0.15, 0.2) is 72.8 Å². The van der Waals surface area contributed by atoms with E-state index in [1.165, 1.54) is 0 Å². The van der Waals surface area contributed by atoms with Gasteiger partial charge in [0.1, 0.15) is 0 Å². The predicted octanol–water partition coefficient (Wildman–Crippen LogP) is 5.19. The summed E-state index contributed by atoms with van der Waals surface area (Å²) < 4.78 is 16.7. The number of nitrogens with zero attached hydrogens (tertiary/aromatic N) is 1. The molecule has 1 heterocycles. The summed E-state index contributed by atoms with van der Waals surface area (Å²) in [5.74, 6) is 1.32. The van der Waals surface area contributed by atoms with E-state index in [0.717, 1.165) is 36.1 Å². The summed E-state index contributed by atoms with van der Waals surface area (Å²) in [5, 5.41) is 0. The van der Waals surface area contributed by atoms with Crippen molar-refractivity contribution in [3.8, 4) is 22.6 Å². The Morgan fingerprint density at radius 3 is 2.44 bits per heavy atom. The van der Waals surface area contributed by atoms with Crippen LogP contribution in [0.25, 0.3) is 11.1 Å². The lowest BCUT2D eigenvalue weighted by Crippen LogP contribution is -2.37. The van der Waals surface area contributed by atoms with Gasteiger partial charge >= 0.3 is 0 Å². The zero-order valence-electron chi connectivity index (χ0n) is 18.6. The molecule has 0 spiro atoms. The number of carbonyl (C=O) groups excluding carboxylic acids is 1. The van der Waals surface area contributed by atoms with Crippen LogP contribution in [-0.2, 0) is 11.3 Å². The molecular weight excluding hydrogens is 402 g/mol. The highest BCUT2D eigenvalue weighted by Crippen LogP contribution is 2.30. The second kappa shape index (κ2) is 10.3. The summed E-state index contributed by atoms with van der Waals surface area (Å²) in [7, 11) is 3.23. The molecule has 0 aromatic heterocycles. The molecule has 166 valence electrons. The minimum Gasteiger partial charge on any atom is -0.493 e. The molecule has 0 N–H and O–H groups in total. The fourth-order valence-electron chi connectivity index (χ4n) is 4.16. The van der Waals surface area contributed by atoms with Crippen LogP contribution in [0, 0.1) is 0 Å². The largest absolute Gasteiger partial charge is 0.493 e. The van der Waals surface area contributed by atoms with Crippen molar-refractivity contribution < 1.29 is 19.0 Å². The van der Waals surface area contributed by atoms with Crippen LogP contribution in [0.1, 0.15) is 28.8 Å². The van der Waals surface area contributed by atoms with Gasteiger partial charge in [0.25, 0.3) is 5.91 Å². The monoisotopic (exact) mass is 431 g/mol. The van der Waals surface area contributed by atoms with E-state index in [0.29, 0.717) is 30.2 Å². The third-order valence-electron chi connectivity index (χ3n) is 5.80. The summed E-state index contributed by atoms with van der Waals surface area (Å²) >= 11 is 0. The fourth-order valence-corrected chi connectivity index (χ4v) is 4.16. The zero-order valence-corrected chi connectivity index (χ0v) is 18.6.